The first-order valence-electron chi connectivity index (χ1n) is 9.75. The first-order valence-corrected chi connectivity index (χ1v) is 9.75. The van der Waals surface area contributed by atoms with E-state index in [1.165, 1.54) is 0 Å². The Morgan fingerprint density at radius 1 is 1.14 bits per heavy atom. The zero-order valence-corrected chi connectivity index (χ0v) is 16.0. The number of carbonyl (C=O) groups excluding carboxylic acids is 1. The molecule has 0 spiro atoms. The van der Waals surface area contributed by atoms with Gasteiger partial charge in [-0.1, -0.05) is 13.0 Å². The van der Waals surface area contributed by atoms with E-state index in [-0.39, 0.29) is 11.8 Å². The molecule has 0 unspecified atom stereocenters. The number of imidazole rings is 1. The SMILES string of the molecule is CCc1ncc(C(=O)N2CCC[C@@H](c3nccn3Cc3ccccn3)C2)cn1. The molecule has 4 rings (SSSR count). The molecule has 0 aromatic carbocycles. The monoisotopic (exact) mass is 376 g/mol. The minimum absolute atomic E-state index is 0.00446. The summed E-state index contributed by atoms with van der Waals surface area (Å²) in [7, 11) is 0. The van der Waals surface area contributed by atoms with Gasteiger partial charge in [-0.3, -0.25) is 9.78 Å². The normalized spacial score (nSPS) is 16.9. The molecule has 1 aliphatic heterocycles. The summed E-state index contributed by atoms with van der Waals surface area (Å²) in [5.74, 6) is 1.98. The highest BCUT2D eigenvalue weighted by Gasteiger charge is 2.28. The van der Waals surface area contributed by atoms with Crippen LogP contribution in [-0.4, -0.2) is 48.4 Å². The molecule has 0 saturated carbocycles. The summed E-state index contributed by atoms with van der Waals surface area (Å²) in [6, 6.07) is 5.92. The fourth-order valence-electron chi connectivity index (χ4n) is 3.68. The maximum atomic E-state index is 12.9. The maximum Gasteiger partial charge on any atom is 0.257 e. The summed E-state index contributed by atoms with van der Waals surface area (Å²) in [5.41, 5.74) is 1.55. The van der Waals surface area contributed by atoms with Crippen molar-refractivity contribution < 1.29 is 4.79 Å². The highest BCUT2D eigenvalue weighted by atomic mass is 16.2. The molecule has 1 fully saturated rings. The van der Waals surface area contributed by atoms with E-state index in [0.29, 0.717) is 18.7 Å². The molecule has 7 heteroatoms. The zero-order valence-electron chi connectivity index (χ0n) is 16.0. The minimum atomic E-state index is -0.00446. The average Bonchev–Trinajstić information content (AvgIpc) is 3.22. The molecule has 3 aromatic heterocycles. The molecule has 0 bridgehead atoms. The summed E-state index contributed by atoms with van der Waals surface area (Å²) >= 11 is 0. The standard InChI is InChI=1S/C21H24N6O/c1-2-19-24-12-17(13-25-19)21(28)27-10-5-6-16(14-27)20-23-9-11-26(20)15-18-7-3-4-8-22-18/h3-4,7-9,11-13,16H,2,5-6,10,14-15H2,1H3/t16-/m1/s1. The largest absolute Gasteiger partial charge is 0.338 e. The maximum absolute atomic E-state index is 12.9. The molecule has 1 amide bonds. The molecule has 1 saturated heterocycles. The van der Waals surface area contributed by atoms with Gasteiger partial charge in [0.15, 0.2) is 0 Å². The molecule has 3 aromatic rings. The second-order valence-corrected chi connectivity index (χ2v) is 7.07. The third kappa shape index (κ3) is 3.93. The minimum Gasteiger partial charge on any atom is -0.338 e. The van der Waals surface area contributed by atoms with Crippen molar-refractivity contribution in [1.29, 1.82) is 0 Å². The van der Waals surface area contributed by atoms with Crippen molar-refractivity contribution in [3.8, 4) is 0 Å². The van der Waals surface area contributed by atoms with Crippen LogP contribution < -0.4 is 0 Å². The Morgan fingerprint density at radius 3 is 2.75 bits per heavy atom. The smallest absolute Gasteiger partial charge is 0.257 e. The number of pyridine rings is 1. The Kier molecular flexibility index (Phi) is 5.41. The van der Waals surface area contributed by atoms with Gasteiger partial charge in [0.05, 0.1) is 17.8 Å². The highest BCUT2D eigenvalue weighted by Crippen LogP contribution is 2.27. The number of likely N-dealkylation sites (tertiary alicyclic amines) is 1. The van der Waals surface area contributed by atoms with E-state index < -0.39 is 0 Å². The van der Waals surface area contributed by atoms with Gasteiger partial charge in [-0.05, 0) is 25.0 Å². The zero-order chi connectivity index (χ0) is 19.3. The summed E-state index contributed by atoms with van der Waals surface area (Å²) in [6.07, 6.45) is 11.6. The first kappa shape index (κ1) is 18.3. The summed E-state index contributed by atoms with van der Waals surface area (Å²) in [6.45, 7) is 4.10. The number of hydrogen-bond acceptors (Lipinski definition) is 5. The van der Waals surface area contributed by atoms with Crippen LogP contribution in [0.4, 0.5) is 0 Å². The molecule has 0 radical (unpaired) electrons. The van der Waals surface area contributed by atoms with Gasteiger partial charge in [-0.15, -0.1) is 0 Å². The highest BCUT2D eigenvalue weighted by molar-refractivity contribution is 5.93. The number of carbonyl (C=O) groups is 1. The van der Waals surface area contributed by atoms with Gasteiger partial charge in [0, 0.05) is 56.4 Å². The van der Waals surface area contributed by atoms with Crippen LogP contribution in [0.3, 0.4) is 0 Å². The third-order valence-corrected chi connectivity index (χ3v) is 5.15. The van der Waals surface area contributed by atoms with Crippen molar-refractivity contribution in [3.05, 3.63) is 72.1 Å². The molecule has 28 heavy (non-hydrogen) atoms. The number of nitrogens with zero attached hydrogens (tertiary/aromatic N) is 6. The van der Waals surface area contributed by atoms with E-state index in [2.05, 4.69) is 24.5 Å². The number of aromatic nitrogens is 5. The molecule has 0 aliphatic carbocycles. The molecule has 1 atom stereocenters. The van der Waals surface area contributed by atoms with Crippen molar-refractivity contribution in [2.75, 3.05) is 13.1 Å². The molecule has 4 heterocycles. The summed E-state index contributed by atoms with van der Waals surface area (Å²) in [4.78, 5) is 32.3. The predicted molar refractivity (Wildman–Crippen MR) is 105 cm³/mol. The third-order valence-electron chi connectivity index (χ3n) is 5.15. The van der Waals surface area contributed by atoms with E-state index in [4.69, 9.17) is 0 Å². The van der Waals surface area contributed by atoms with E-state index in [9.17, 15) is 4.79 Å². The van der Waals surface area contributed by atoms with Crippen LogP contribution in [0.5, 0.6) is 0 Å². The van der Waals surface area contributed by atoms with Crippen molar-refractivity contribution in [2.45, 2.75) is 38.6 Å². The Labute approximate surface area is 164 Å². The van der Waals surface area contributed by atoms with Crippen LogP contribution in [0.1, 0.15) is 53.4 Å². The van der Waals surface area contributed by atoms with Crippen molar-refractivity contribution in [1.82, 2.24) is 29.4 Å². The Morgan fingerprint density at radius 2 is 2.00 bits per heavy atom. The van der Waals surface area contributed by atoms with Gasteiger partial charge in [0.25, 0.3) is 5.91 Å². The second-order valence-electron chi connectivity index (χ2n) is 7.07. The van der Waals surface area contributed by atoms with E-state index in [1.54, 1.807) is 18.6 Å². The molecule has 1 aliphatic rings. The van der Waals surface area contributed by atoms with Crippen LogP contribution >= 0.6 is 0 Å². The second kappa shape index (κ2) is 8.29. The van der Waals surface area contributed by atoms with Crippen LogP contribution in [-0.2, 0) is 13.0 Å². The van der Waals surface area contributed by atoms with Gasteiger partial charge in [0.2, 0.25) is 0 Å². The summed E-state index contributed by atoms with van der Waals surface area (Å²) < 4.78 is 2.14. The van der Waals surface area contributed by atoms with Crippen LogP contribution in [0.15, 0.2) is 49.2 Å². The number of rotatable bonds is 5. The number of amides is 1. The fourth-order valence-corrected chi connectivity index (χ4v) is 3.68. The molecule has 0 N–H and O–H groups in total. The topological polar surface area (TPSA) is 76.8 Å². The number of piperidine rings is 1. The fraction of sp³-hybridized carbons (Fsp3) is 0.381. The number of hydrogen-bond donors (Lipinski definition) is 0. The lowest BCUT2D eigenvalue weighted by Gasteiger charge is -2.32. The number of aryl methyl sites for hydroxylation is 1. The van der Waals surface area contributed by atoms with Gasteiger partial charge in [-0.2, -0.15) is 0 Å². The lowest BCUT2D eigenvalue weighted by molar-refractivity contribution is 0.0702. The Bertz CT molecular complexity index is 922. The van der Waals surface area contributed by atoms with Crippen LogP contribution in [0.2, 0.25) is 0 Å². The van der Waals surface area contributed by atoms with Gasteiger partial charge < -0.3 is 9.47 Å². The van der Waals surface area contributed by atoms with Crippen LogP contribution in [0, 0.1) is 0 Å². The molecular weight excluding hydrogens is 352 g/mol. The average molecular weight is 376 g/mol. The predicted octanol–water partition coefficient (Wildman–Crippen LogP) is 2.70. The lowest BCUT2D eigenvalue weighted by atomic mass is 9.96. The quantitative estimate of drug-likeness (QED) is 0.684. The van der Waals surface area contributed by atoms with E-state index in [0.717, 1.165) is 43.1 Å². The first-order chi connectivity index (χ1) is 13.7. The van der Waals surface area contributed by atoms with Gasteiger partial charge >= 0.3 is 0 Å². The van der Waals surface area contributed by atoms with Crippen LogP contribution in [0.25, 0.3) is 0 Å². The van der Waals surface area contributed by atoms with E-state index >= 15 is 0 Å². The summed E-state index contributed by atoms with van der Waals surface area (Å²) in [5, 5.41) is 0. The van der Waals surface area contributed by atoms with Crippen molar-refractivity contribution in [2.24, 2.45) is 0 Å². The Balaban J connectivity index is 1.48. The van der Waals surface area contributed by atoms with Crippen molar-refractivity contribution >= 4 is 5.91 Å². The molecular formula is C21H24N6O. The lowest BCUT2D eigenvalue weighted by Crippen LogP contribution is -2.40. The van der Waals surface area contributed by atoms with Crippen molar-refractivity contribution in [3.63, 3.8) is 0 Å². The van der Waals surface area contributed by atoms with Gasteiger partial charge in [-0.25, -0.2) is 15.0 Å². The van der Waals surface area contributed by atoms with Gasteiger partial charge in [0.1, 0.15) is 11.6 Å². The Hall–Kier alpha value is -3.09. The van der Waals surface area contributed by atoms with E-state index in [1.807, 2.05) is 42.4 Å². The molecule has 144 valence electrons. The molecule has 7 nitrogen and oxygen atoms in total.